The molecule has 0 amide bonds. The Morgan fingerprint density at radius 2 is 1.61 bits per heavy atom. The van der Waals surface area contributed by atoms with Crippen molar-refractivity contribution in [2.24, 2.45) is 0 Å². The van der Waals surface area contributed by atoms with Crippen LogP contribution in [0, 0.1) is 0 Å². The van der Waals surface area contributed by atoms with Gasteiger partial charge in [0.15, 0.2) is 0 Å². The molecule has 0 radical (unpaired) electrons. The maximum Gasteiger partial charge on any atom is 0.0855 e. The van der Waals surface area contributed by atoms with Crippen molar-refractivity contribution in [1.29, 1.82) is 0 Å². The molecule has 0 spiro atoms. The van der Waals surface area contributed by atoms with E-state index in [1.54, 1.807) is 7.11 Å². The molecule has 0 aliphatic rings. The smallest absolute Gasteiger partial charge is 0.0855 e. The maximum atomic E-state index is 5.75. The van der Waals surface area contributed by atoms with Crippen molar-refractivity contribution in [3.05, 3.63) is 0 Å². The van der Waals surface area contributed by atoms with Gasteiger partial charge in [-0.3, -0.25) is 0 Å². The van der Waals surface area contributed by atoms with Crippen molar-refractivity contribution in [2.45, 2.75) is 78.4 Å². The van der Waals surface area contributed by atoms with E-state index in [1.165, 1.54) is 19.3 Å². The van der Waals surface area contributed by atoms with Gasteiger partial charge in [-0.1, -0.05) is 33.1 Å². The number of methoxy groups -OCH3 is 1. The van der Waals surface area contributed by atoms with E-state index in [4.69, 9.17) is 21.1 Å². The Kier molecular flexibility index (Phi) is 15.6. The number of halogens is 1. The van der Waals surface area contributed by atoms with Gasteiger partial charge in [0.1, 0.15) is 0 Å². The Morgan fingerprint density at radius 3 is 2.11 bits per heavy atom. The highest BCUT2D eigenvalue weighted by Gasteiger charge is 2.17. The van der Waals surface area contributed by atoms with Crippen LogP contribution in [0.1, 0.15) is 66.7 Å². The van der Waals surface area contributed by atoms with E-state index in [0.29, 0.717) is 12.7 Å². The Labute approximate surface area is 119 Å². The van der Waals surface area contributed by atoms with Gasteiger partial charge in [0.25, 0.3) is 0 Å². The minimum absolute atomic E-state index is 0.174. The van der Waals surface area contributed by atoms with Crippen LogP contribution in [-0.4, -0.2) is 31.3 Å². The topological polar surface area (TPSA) is 18.5 Å². The van der Waals surface area contributed by atoms with Crippen LogP contribution in [0.3, 0.4) is 0 Å². The van der Waals surface area contributed by atoms with Crippen LogP contribution in [0.2, 0.25) is 0 Å². The van der Waals surface area contributed by atoms with E-state index in [0.717, 1.165) is 18.7 Å². The molecule has 0 saturated carbocycles. The highest BCUT2D eigenvalue weighted by atomic mass is 35.5. The first-order valence-electron chi connectivity index (χ1n) is 7.24. The van der Waals surface area contributed by atoms with Crippen LogP contribution >= 0.6 is 11.6 Å². The molecular formula is C15H33ClO2. The van der Waals surface area contributed by atoms with Crippen molar-refractivity contribution >= 4 is 11.6 Å². The van der Waals surface area contributed by atoms with E-state index in [2.05, 4.69) is 6.92 Å². The zero-order valence-electron chi connectivity index (χ0n) is 13.2. The molecule has 112 valence electrons. The second-order valence-corrected chi connectivity index (χ2v) is 5.36. The van der Waals surface area contributed by atoms with E-state index >= 15 is 0 Å². The minimum atomic E-state index is -0.174. The number of hydrogen-bond acceptors (Lipinski definition) is 2. The first-order valence-corrected chi connectivity index (χ1v) is 7.78. The first-order chi connectivity index (χ1) is 8.52. The van der Waals surface area contributed by atoms with E-state index in [9.17, 15) is 0 Å². The molecule has 0 heterocycles. The second-order valence-electron chi connectivity index (χ2n) is 4.98. The maximum absolute atomic E-state index is 5.75. The summed E-state index contributed by atoms with van der Waals surface area (Å²) >= 11 is 5.62. The van der Waals surface area contributed by atoms with Crippen molar-refractivity contribution in [3.8, 4) is 0 Å². The Morgan fingerprint density at radius 1 is 1.06 bits per heavy atom. The highest BCUT2D eigenvalue weighted by Crippen LogP contribution is 2.13. The number of hydrogen-bond donors (Lipinski definition) is 0. The molecule has 0 aliphatic heterocycles. The van der Waals surface area contributed by atoms with E-state index in [1.807, 2.05) is 27.7 Å². The number of alkyl halides is 1. The molecule has 0 fully saturated rings. The molecule has 0 aromatic heterocycles. The van der Waals surface area contributed by atoms with Gasteiger partial charge in [0, 0.05) is 13.0 Å². The van der Waals surface area contributed by atoms with Crippen LogP contribution in [0.15, 0.2) is 0 Å². The third kappa shape index (κ3) is 14.3. The Balaban J connectivity index is 0. The lowest BCUT2D eigenvalue weighted by molar-refractivity contribution is -0.0727. The number of unbranched alkanes of at least 4 members (excludes halogenated alkanes) is 3. The van der Waals surface area contributed by atoms with Crippen molar-refractivity contribution in [3.63, 3.8) is 0 Å². The fourth-order valence-electron chi connectivity index (χ4n) is 1.37. The van der Waals surface area contributed by atoms with Crippen molar-refractivity contribution in [1.82, 2.24) is 0 Å². The van der Waals surface area contributed by atoms with Gasteiger partial charge in [-0.15, -0.1) is 11.6 Å². The van der Waals surface area contributed by atoms with Gasteiger partial charge in [-0.25, -0.2) is 0 Å². The van der Waals surface area contributed by atoms with E-state index in [-0.39, 0.29) is 5.60 Å². The summed E-state index contributed by atoms with van der Waals surface area (Å²) < 4.78 is 11.1. The number of ether oxygens (including phenoxy) is 2. The zero-order valence-corrected chi connectivity index (χ0v) is 14.0. The van der Waals surface area contributed by atoms with Crippen LogP contribution in [0.5, 0.6) is 0 Å². The van der Waals surface area contributed by atoms with Gasteiger partial charge >= 0.3 is 0 Å². The summed E-state index contributed by atoms with van der Waals surface area (Å²) in [5.41, 5.74) is -0.174. The summed E-state index contributed by atoms with van der Waals surface area (Å²) in [5, 5.41) is 0. The summed E-state index contributed by atoms with van der Waals surface area (Å²) in [6, 6.07) is 0. The monoisotopic (exact) mass is 280 g/mol. The molecular weight excluding hydrogens is 248 g/mol. The molecule has 0 aliphatic carbocycles. The Bertz CT molecular complexity index is 161. The third-order valence-corrected chi connectivity index (χ3v) is 3.03. The summed E-state index contributed by atoms with van der Waals surface area (Å²) in [7, 11) is 1.72. The lowest BCUT2D eigenvalue weighted by Crippen LogP contribution is -2.31. The normalized spacial score (nSPS) is 12.8. The van der Waals surface area contributed by atoms with Gasteiger partial charge in [-0.05, 0) is 33.6 Å². The highest BCUT2D eigenvalue weighted by molar-refractivity contribution is 6.17. The average molecular weight is 281 g/mol. The molecule has 1 atom stereocenters. The second kappa shape index (κ2) is 13.6. The first kappa shape index (κ1) is 20.5. The van der Waals surface area contributed by atoms with Crippen molar-refractivity contribution in [2.75, 3.05) is 19.6 Å². The Hall–Kier alpha value is 0.210. The fraction of sp³-hybridized carbons (Fsp3) is 1.00. The van der Waals surface area contributed by atoms with Gasteiger partial charge in [0.2, 0.25) is 0 Å². The van der Waals surface area contributed by atoms with Gasteiger partial charge < -0.3 is 9.47 Å². The van der Waals surface area contributed by atoms with Crippen LogP contribution in [-0.2, 0) is 9.47 Å². The molecule has 0 rings (SSSR count). The molecule has 0 N–H and O–H groups in total. The van der Waals surface area contributed by atoms with Crippen LogP contribution < -0.4 is 0 Å². The number of rotatable bonds is 10. The van der Waals surface area contributed by atoms with Gasteiger partial charge in [-0.2, -0.15) is 0 Å². The predicted octanol–water partition coefficient (Wildman–Crippen LogP) is 5.03. The zero-order chi connectivity index (χ0) is 14.4. The molecule has 0 aromatic carbocycles. The standard InChI is InChI=1S/C13H27ClO2.C2H6/c1-12(9-7-5-6-8-10-14)16-11-13(2,3)15-4;1-2/h12H,5-11H2,1-4H3;1-2H3. The molecule has 0 aromatic rings. The summed E-state index contributed by atoms with van der Waals surface area (Å²) in [6.07, 6.45) is 6.31. The quantitative estimate of drug-likeness (QED) is 0.413. The third-order valence-electron chi connectivity index (χ3n) is 2.76. The molecule has 0 bridgehead atoms. The fourth-order valence-corrected chi connectivity index (χ4v) is 1.55. The van der Waals surface area contributed by atoms with Crippen molar-refractivity contribution < 1.29 is 9.47 Å². The summed E-state index contributed by atoms with van der Waals surface area (Å²) in [6.45, 7) is 10.9. The van der Waals surface area contributed by atoms with Crippen LogP contribution in [0.4, 0.5) is 0 Å². The van der Waals surface area contributed by atoms with E-state index < -0.39 is 0 Å². The van der Waals surface area contributed by atoms with Crippen LogP contribution in [0.25, 0.3) is 0 Å². The largest absolute Gasteiger partial charge is 0.376 e. The lowest BCUT2D eigenvalue weighted by Gasteiger charge is -2.25. The molecule has 18 heavy (non-hydrogen) atoms. The predicted molar refractivity (Wildman–Crippen MR) is 81.7 cm³/mol. The average Bonchev–Trinajstić information content (AvgIpc) is 2.39. The molecule has 0 saturated heterocycles. The minimum Gasteiger partial charge on any atom is -0.376 e. The molecule has 1 unspecified atom stereocenters. The SMILES string of the molecule is CC.COC(C)(C)COC(C)CCCCCCCl. The summed E-state index contributed by atoms with van der Waals surface area (Å²) in [5.74, 6) is 0.786. The molecule has 2 nitrogen and oxygen atoms in total. The van der Waals surface area contributed by atoms with Gasteiger partial charge in [0.05, 0.1) is 18.3 Å². The lowest BCUT2D eigenvalue weighted by atomic mass is 10.1. The summed E-state index contributed by atoms with van der Waals surface area (Å²) in [4.78, 5) is 0. The molecule has 3 heteroatoms.